The Morgan fingerprint density at radius 1 is 1.29 bits per heavy atom. The molecule has 8 nitrogen and oxygen atoms in total. The molecule has 2 aliphatic rings. The third-order valence-electron chi connectivity index (χ3n) is 4.17. The molecule has 2 saturated heterocycles. The van der Waals surface area contributed by atoms with Crippen LogP contribution in [0.5, 0.6) is 5.75 Å². The molecule has 4 N–H and O–H groups in total. The molecule has 3 rings (SSSR count). The number of nitrogens with zero attached hydrogens (tertiary/aromatic N) is 3. The molecule has 0 aliphatic carbocycles. The highest BCUT2D eigenvalue weighted by atomic mass is 16.3. The Bertz CT molecular complexity index is 690. The number of phenols is 1. The average molecular weight is 331 g/mol. The lowest BCUT2D eigenvalue weighted by Crippen LogP contribution is -2.45. The zero-order valence-corrected chi connectivity index (χ0v) is 13.5. The van der Waals surface area contributed by atoms with Crippen molar-refractivity contribution in [3.8, 4) is 5.75 Å². The third-order valence-corrected chi connectivity index (χ3v) is 4.17. The number of nitrogens with one attached hydrogen (secondary N) is 2. The van der Waals surface area contributed by atoms with Gasteiger partial charge in [0, 0.05) is 25.7 Å². The Balaban J connectivity index is 1.99. The molecular formula is C16H21N5O3. The Morgan fingerprint density at radius 2 is 2.00 bits per heavy atom. The van der Waals surface area contributed by atoms with E-state index >= 15 is 0 Å². The molecule has 128 valence electrons. The number of carbonyl (C=O) groups is 1. The summed E-state index contributed by atoms with van der Waals surface area (Å²) in [7, 11) is 0. The molecule has 1 amide bonds. The fraction of sp³-hybridized carbons (Fsp3) is 0.438. The van der Waals surface area contributed by atoms with Gasteiger partial charge < -0.3 is 15.5 Å². The maximum atomic E-state index is 12.5. The Kier molecular flexibility index (Phi) is 4.39. The Morgan fingerprint density at radius 3 is 2.67 bits per heavy atom. The minimum absolute atomic E-state index is 0.0685. The molecule has 8 heteroatoms. The summed E-state index contributed by atoms with van der Waals surface area (Å²) in [6.45, 7) is 3.21. The van der Waals surface area contributed by atoms with Crippen LogP contribution < -0.4 is 5.32 Å². The second kappa shape index (κ2) is 6.48. The highest BCUT2D eigenvalue weighted by Gasteiger charge is 2.40. The fourth-order valence-electron chi connectivity index (χ4n) is 2.88. The number of amidine groups is 1. The number of aliphatic hydroxyl groups is 1. The molecule has 24 heavy (non-hydrogen) atoms. The number of phenolic OH excluding ortho intramolecular Hbond substituents is 1. The molecule has 0 aromatic heterocycles. The van der Waals surface area contributed by atoms with Gasteiger partial charge in [0.25, 0.3) is 5.91 Å². The highest BCUT2D eigenvalue weighted by Crippen LogP contribution is 2.33. The van der Waals surface area contributed by atoms with Crippen LogP contribution in [0.15, 0.2) is 17.1 Å². The first-order valence-electron chi connectivity index (χ1n) is 7.98. The fourth-order valence-corrected chi connectivity index (χ4v) is 2.88. The second-order valence-electron chi connectivity index (χ2n) is 5.87. The Labute approximate surface area is 139 Å². The SMILES string of the molecule is Cc1cc(N=C2C(=N)N3CCCCN3C2=O)c(NCCO)cc1O. The van der Waals surface area contributed by atoms with Gasteiger partial charge in [0.05, 0.1) is 18.0 Å². The predicted octanol–water partition coefficient (Wildman–Crippen LogP) is 1.01. The predicted molar refractivity (Wildman–Crippen MR) is 90.9 cm³/mol. The molecule has 0 unspecified atom stereocenters. The van der Waals surface area contributed by atoms with Gasteiger partial charge in [-0.3, -0.25) is 15.2 Å². The van der Waals surface area contributed by atoms with E-state index in [2.05, 4.69) is 10.3 Å². The standard InChI is InChI=1S/C16H21N5O3/c1-10-8-12(11(9-13(10)23)18-4-7-22)19-14-15(17)20-5-2-3-6-21(20)16(14)24/h8-9,17-18,22-23H,2-7H2,1H3. The van der Waals surface area contributed by atoms with Crippen LogP contribution in [0.2, 0.25) is 0 Å². The van der Waals surface area contributed by atoms with E-state index in [1.807, 2.05) is 0 Å². The van der Waals surface area contributed by atoms with Crippen LogP contribution in [0, 0.1) is 12.3 Å². The van der Waals surface area contributed by atoms with E-state index in [0.29, 0.717) is 36.6 Å². The molecule has 0 saturated carbocycles. The number of aryl methyl sites for hydroxylation is 1. The molecule has 0 radical (unpaired) electrons. The summed E-state index contributed by atoms with van der Waals surface area (Å²) in [6.07, 6.45) is 1.87. The van der Waals surface area contributed by atoms with Crippen molar-refractivity contribution in [3.05, 3.63) is 17.7 Å². The van der Waals surface area contributed by atoms with Gasteiger partial charge in [-0.1, -0.05) is 0 Å². The van der Waals surface area contributed by atoms with E-state index in [-0.39, 0.29) is 29.8 Å². The normalized spacial score (nSPS) is 19.2. The number of benzene rings is 1. The monoisotopic (exact) mass is 331 g/mol. The van der Waals surface area contributed by atoms with Crippen molar-refractivity contribution in [3.63, 3.8) is 0 Å². The minimum Gasteiger partial charge on any atom is -0.508 e. The lowest BCUT2D eigenvalue weighted by Gasteiger charge is -2.32. The first-order chi connectivity index (χ1) is 11.5. The molecular weight excluding hydrogens is 310 g/mol. The summed E-state index contributed by atoms with van der Waals surface area (Å²) in [5.74, 6) is -0.0505. The number of rotatable bonds is 4. The Hall–Kier alpha value is -2.61. The number of hydrogen-bond acceptors (Lipinski definition) is 6. The molecule has 2 heterocycles. The van der Waals surface area contributed by atoms with Gasteiger partial charge in [0.1, 0.15) is 5.75 Å². The molecule has 2 fully saturated rings. The van der Waals surface area contributed by atoms with E-state index in [9.17, 15) is 9.90 Å². The van der Waals surface area contributed by atoms with Crippen molar-refractivity contribution in [2.75, 3.05) is 31.6 Å². The first-order valence-corrected chi connectivity index (χ1v) is 7.98. The number of aliphatic imine (C=N–C) groups is 1. The van der Waals surface area contributed by atoms with Gasteiger partial charge in [-0.2, -0.15) is 0 Å². The van der Waals surface area contributed by atoms with E-state index < -0.39 is 0 Å². The van der Waals surface area contributed by atoms with Crippen LogP contribution >= 0.6 is 0 Å². The zero-order valence-electron chi connectivity index (χ0n) is 13.5. The molecule has 0 spiro atoms. The number of aromatic hydroxyl groups is 1. The molecule has 0 atom stereocenters. The van der Waals surface area contributed by atoms with Crippen molar-refractivity contribution in [2.45, 2.75) is 19.8 Å². The number of amides is 1. The quantitative estimate of drug-likeness (QED) is 0.658. The van der Waals surface area contributed by atoms with Crippen molar-refractivity contribution in [1.82, 2.24) is 10.0 Å². The van der Waals surface area contributed by atoms with E-state index in [0.717, 1.165) is 12.8 Å². The van der Waals surface area contributed by atoms with E-state index in [1.165, 1.54) is 6.07 Å². The lowest BCUT2D eigenvalue weighted by atomic mass is 10.1. The van der Waals surface area contributed by atoms with E-state index in [1.54, 1.807) is 23.0 Å². The maximum absolute atomic E-state index is 12.5. The van der Waals surface area contributed by atoms with Crippen LogP contribution in [-0.2, 0) is 4.79 Å². The number of hydrogen-bond donors (Lipinski definition) is 4. The van der Waals surface area contributed by atoms with Gasteiger partial charge in [0.2, 0.25) is 0 Å². The number of carbonyl (C=O) groups excluding carboxylic acids is 1. The van der Waals surface area contributed by atoms with Crippen LogP contribution in [0.4, 0.5) is 11.4 Å². The van der Waals surface area contributed by atoms with Crippen LogP contribution in [0.1, 0.15) is 18.4 Å². The van der Waals surface area contributed by atoms with Crippen molar-refractivity contribution in [1.29, 1.82) is 5.41 Å². The number of aliphatic hydroxyl groups excluding tert-OH is 1. The van der Waals surface area contributed by atoms with Gasteiger partial charge in [-0.15, -0.1) is 0 Å². The van der Waals surface area contributed by atoms with Gasteiger partial charge in [0.15, 0.2) is 11.5 Å². The van der Waals surface area contributed by atoms with Crippen molar-refractivity contribution in [2.24, 2.45) is 4.99 Å². The van der Waals surface area contributed by atoms with Gasteiger partial charge >= 0.3 is 0 Å². The summed E-state index contributed by atoms with van der Waals surface area (Å²) in [6, 6.07) is 3.18. The smallest absolute Gasteiger partial charge is 0.294 e. The van der Waals surface area contributed by atoms with Crippen LogP contribution in [0.3, 0.4) is 0 Å². The highest BCUT2D eigenvalue weighted by molar-refractivity contribution is 6.68. The molecule has 1 aromatic carbocycles. The number of anilines is 1. The molecule has 2 aliphatic heterocycles. The molecule has 1 aromatic rings. The second-order valence-corrected chi connectivity index (χ2v) is 5.87. The summed E-state index contributed by atoms with van der Waals surface area (Å²) in [5.41, 5.74) is 1.71. The maximum Gasteiger partial charge on any atom is 0.294 e. The van der Waals surface area contributed by atoms with Gasteiger partial charge in [-0.25, -0.2) is 10.0 Å². The summed E-state index contributed by atoms with van der Waals surface area (Å²) >= 11 is 0. The molecule has 0 bridgehead atoms. The third kappa shape index (κ3) is 2.80. The average Bonchev–Trinajstić information content (AvgIpc) is 2.82. The largest absolute Gasteiger partial charge is 0.508 e. The minimum atomic E-state index is -0.265. The summed E-state index contributed by atoms with van der Waals surface area (Å²) < 4.78 is 0. The summed E-state index contributed by atoms with van der Waals surface area (Å²) in [4.78, 5) is 16.9. The van der Waals surface area contributed by atoms with Crippen LogP contribution in [0.25, 0.3) is 0 Å². The number of fused-ring (bicyclic) bond motifs is 1. The topological polar surface area (TPSA) is 112 Å². The van der Waals surface area contributed by atoms with Crippen molar-refractivity contribution >= 4 is 28.8 Å². The van der Waals surface area contributed by atoms with Crippen LogP contribution in [-0.4, -0.2) is 63.9 Å². The van der Waals surface area contributed by atoms with Gasteiger partial charge in [-0.05, 0) is 31.4 Å². The van der Waals surface area contributed by atoms with Crippen molar-refractivity contribution < 1.29 is 15.0 Å². The van der Waals surface area contributed by atoms with E-state index in [4.69, 9.17) is 10.5 Å². The summed E-state index contributed by atoms with van der Waals surface area (Å²) in [5, 5.41) is 33.3. The lowest BCUT2D eigenvalue weighted by molar-refractivity contribution is -0.134. The number of hydrazine groups is 1. The first kappa shape index (κ1) is 16.3. The zero-order chi connectivity index (χ0) is 17.3.